The van der Waals surface area contributed by atoms with E-state index < -0.39 is 5.97 Å². The maximum absolute atomic E-state index is 12.6. The van der Waals surface area contributed by atoms with Crippen LogP contribution in [0.5, 0.6) is 0 Å². The van der Waals surface area contributed by atoms with Crippen molar-refractivity contribution in [1.82, 2.24) is 4.98 Å². The summed E-state index contributed by atoms with van der Waals surface area (Å²) in [6, 6.07) is 9.56. The topological polar surface area (TPSA) is 68.3 Å². The number of aryl methyl sites for hydroxylation is 2. The van der Waals surface area contributed by atoms with Crippen molar-refractivity contribution < 1.29 is 14.3 Å². The highest BCUT2D eigenvalue weighted by Gasteiger charge is 2.25. The van der Waals surface area contributed by atoms with Gasteiger partial charge in [0.15, 0.2) is 0 Å². The fourth-order valence-corrected chi connectivity index (χ4v) is 4.13. The molecule has 1 N–H and O–H groups in total. The number of thiophene rings is 1. The van der Waals surface area contributed by atoms with E-state index in [0.29, 0.717) is 20.6 Å². The molecule has 5 nitrogen and oxygen atoms in total. The lowest BCUT2D eigenvalue weighted by molar-refractivity contribution is 0.0603. The van der Waals surface area contributed by atoms with Gasteiger partial charge in [0.1, 0.15) is 10.6 Å². The maximum atomic E-state index is 12.6. The van der Waals surface area contributed by atoms with Crippen molar-refractivity contribution in [2.45, 2.75) is 13.8 Å². The fourth-order valence-electron chi connectivity index (χ4n) is 2.71. The third-order valence-corrected chi connectivity index (χ3v) is 5.46. The Hall–Kier alpha value is -2.51. The number of carbonyl (C=O) groups is 2. The zero-order chi connectivity index (χ0) is 19.6. The lowest BCUT2D eigenvalue weighted by Gasteiger charge is -2.08. The van der Waals surface area contributed by atoms with Gasteiger partial charge in [-0.05, 0) is 41.4 Å². The lowest BCUT2D eigenvalue weighted by atomic mass is 10.0. The van der Waals surface area contributed by atoms with Crippen molar-refractivity contribution in [3.63, 3.8) is 0 Å². The number of pyridine rings is 1. The molecule has 0 spiro atoms. The van der Waals surface area contributed by atoms with E-state index in [4.69, 9.17) is 4.74 Å². The molecule has 2 aromatic heterocycles. The Morgan fingerprint density at radius 2 is 1.85 bits per heavy atom. The van der Waals surface area contributed by atoms with Crippen molar-refractivity contribution in [1.29, 1.82) is 0 Å². The number of nitrogens with one attached hydrogen (secondary N) is 1. The Morgan fingerprint density at radius 3 is 2.48 bits per heavy atom. The first-order valence-corrected chi connectivity index (χ1v) is 9.72. The van der Waals surface area contributed by atoms with E-state index in [-0.39, 0.29) is 5.91 Å². The highest BCUT2D eigenvalue weighted by atomic mass is 79.9. The summed E-state index contributed by atoms with van der Waals surface area (Å²) in [7, 11) is 1.33. The van der Waals surface area contributed by atoms with Gasteiger partial charge in [0, 0.05) is 27.3 Å². The second kappa shape index (κ2) is 8.02. The molecule has 0 fully saturated rings. The number of halogens is 1. The van der Waals surface area contributed by atoms with Crippen LogP contribution in [-0.2, 0) is 4.74 Å². The van der Waals surface area contributed by atoms with Crippen LogP contribution in [0.25, 0.3) is 11.1 Å². The number of anilines is 1. The zero-order valence-corrected chi connectivity index (χ0v) is 17.4. The Labute approximate surface area is 169 Å². The number of amides is 1. The summed E-state index contributed by atoms with van der Waals surface area (Å²) in [4.78, 5) is 30.0. The number of nitrogens with zero attached hydrogens (tertiary/aromatic N) is 1. The number of aromatic nitrogens is 1. The molecule has 2 heterocycles. The molecule has 0 aliphatic rings. The molecule has 0 unspecified atom stereocenters. The van der Waals surface area contributed by atoms with Gasteiger partial charge in [-0.2, -0.15) is 0 Å². The Morgan fingerprint density at radius 1 is 1.15 bits per heavy atom. The van der Waals surface area contributed by atoms with Gasteiger partial charge in [-0.25, -0.2) is 4.79 Å². The largest absolute Gasteiger partial charge is 0.465 e. The average Bonchev–Trinajstić information content (AvgIpc) is 2.97. The number of methoxy groups -OCH3 is 1. The van der Waals surface area contributed by atoms with Crippen LogP contribution in [0.3, 0.4) is 0 Å². The summed E-state index contributed by atoms with van der Waals surface area (Å²) in [5, 5.41) is 3.29. The molecule has 0 radical (unpaired) electrons. The summed E-state index contributed by atoms with van der Waals surface area (Å²) in [5.41, 5.74) is 3.55. The lowest BCUT2D eigenvalue weighted by Crippen LogP contribution is -2.14. The van der Waals surface area contributed by atoms with Crippen molar-refractivity contribution in [3.05, 3.63) is 68.8 Å². The summed E-state index contributed by atoms with van der Waals surface area (Å²) < 4.78 is 5.68. The van der Waals surface area contributed by atoms with Crippen LogP contribution in [0.2, 0.25) is 0 Å². The predicted molar refractivity (Wildman–Crippen MR) is 110 cm³/mol. The third-order valence-electron chi connectivity index (χ3n) is 4.01. The van der Waals surface area contributed by atoms with Gasteiger partial charge in [0.25, 0.3) is 5.91 Å². The third kappa shape index (κ3) is 4.09. The molecule has 0 bridgehead atoms. The number of benzene rings is 1. The van der Waals surface area contributed by atoms with Crippen LogP contribution in [0.1, 0.15) is 31.2 Å². The van der Waals surface area contributed by atoms with E-state index in [1.807, 2.05) is 38.1 Å². The summed E-state index contributed by atoms with van der Waals surface area (Å²) in [5.74, 6) is -0.830. The first-order valence-electron chi connectivity index (χ1n) is 8.11. The quantitative estimate of drug-likeness (QED) is 0.559. The Balaban J connectivity index is 2.05. The molecule has 0 atom stereocenters. The molecule has 3 rings (SSSR count). The van der Waals surface area contributed by atoms with Crippen LogP contribution >= 0.6 is 27.3 Å². The molecule has 0 aliphatic carbocycles. The van der Waals surface area contributed by atoms with E-state index >= 15 is 0 Å². The number of carbonyl (C=O) groups excluding carboxylic acids is 2. The van der Waals surface area contributed by atoms with E-state index in [1.54, 1.807) is 12.3 Å². The SMILES string of the molecule is COC(=O)c1c(NC(=O)c2cncc(Br)c2)sc(C)c1-c1ccc(C)cc1. The number of hydrogen-bond acceptors (Lipinski definition) is 5. The first-order chi connectivity index (χ1) is 12.9. The highest BCUT2D eigenvalue weighted by molar-refractivity contribution is 9.10. The van der Waals surface area contributed by atoms with Gasteiger partial charge in [0.2, 0.25) is 0 Å². The van der Waals surface area contributed by atoms with Crippen molar-refractivity contribution in [2.24, 2.45) is 0 Å². The van der Waals surface area contributed by atoms with Crippen molar-refractivity contribution in [3.8, 4) is 11.1 Å². The van der Waals surface area contributed by atoms with E-state index in [0.717, 1.165) is 21.6 Å². The standard InChI is InChI=1S/C20H17BrN2O3S/c1-11-4-6-13(7-5-11)16-12(2)27-19(17(16)20(25)26-3)23-18(24)14-8-15(21)10-22-9-14/h4-10H,1-3H3,(H,23,24). The zero-order valence-electron chi connectivity index (χ0n) is 15.0. The second-order valence-electron chi connectivity index (χ2n) is 5.94. The van der Waals surface area contributed by atoms with Crippen LogP contribution < -0.4 is 5.32 Å². The summed E-state index contributed by atoms with van der Waals surface area (Å²) >= 11 is 4.65. The second-order valence-corrected chi connectivity index (χ2v) is 8.08. The minimum atomic E-state index is -0.488. The Kier molecular flexibility index (Phi) is 5.72. The fraction of sp³-hybridized carbons (Fsp3) is 0.150. The molecule has 27 heavy (non-hydrogen) atoms. The van der Waals surface area contributed by atoms with Crippen molar-refractivity contribution in [2.75, 3.05) is 12.4 Å². The van der Waals surface area contributed by atoms with E-state index in [9.17, 15) is 9.59 Å². The molecule has 138 valence electrons. The van der Waals surface area contributed by atoms with Crippen molar-refractivity contribution >= 4 is 44.1 Å². The predicted octanol–water partition coefficient (Wildman–Crippen LogP) is 5.23. The first kappa shape index (κ1) is 19.3. The van der Waals surface area contributed by atoms with E-state index in [1.165, 1.54) is 24.6 Å². The van der Waals surface area contributed by atoms with Gasteiger partial charge in [-0.3, -0.25) is 9.78 Å². The van der Waals surface area contributed by atoms with E-state index in [2.05, 4.69) is 26.2 Å². The number of hydrogen-bond donors (Lipinski definition) is 1. The highest BCUT2D eigenvalue weighted by Crippen LogP contribution is 2.40. The molecule has 7 heteroatoms. The minimum Gasteiger partial charge on any atom is -0.465 e. The van der Waals surface area contributed by atoms with Crippen LogP contribution in [0.4, 0.5) is 5.00 Å². The molecular weight excluding hydrogens is 428 g/mol. The smallest absolute Gasteiger partial charge is 0.341 e. The van der Waals surface area contributed by atoms with Gasteiger partial charge in [-0.1, -0.05) is 29.8 Å². The number of esters is 1. The normalized spacial score (nSPS) is 10.5. The van der Waals surface area contributed by atoms with Crippen LogP contribution in [0, 0.1) is 13.8 Å². The molecular formula is C20H17BrN2O3S. The maximum Gasteiger partial charge on any atom is 0.341 e. The molecule has 3 aromatic rings. The molecule has 0 aliphatic heterocycles. The minimum absolute atomic E-state index is 0.342. The molecule has 1 aromatic carbocycles. The van der Waals surface area contributed by atoms with Gasteiger partial charge in [0.05, 0.1) is 12.7 Å². The summed E-state index contributed by atoms with van der Waals surface area (Å²) in [6.45, 7) is 3.92. The van der Waals surface area contributed by atoms with Crippen LogP contribution in [0.15, 0.2) is 47.2 Å². The monoisotopic (exact) mass is 444 g/mol. The van der Waals surface area contributed by atoms with Gasteiger partial charge < -0.3 is 10.1 Å². The molecule has 1 amide bonds. The Bertz CT molecular complexity index is 1010. The van der Waals surface area contributed by atoms with Gasteiger partial charge >= 0.3 is 5.97 Å². The van der Waals surface area contributed by atoms with Crippen LogP contribution in [-0.4, -0.2) is 24.0 Å². The summed E-state index contributed by atoms with van der Waals surface area (Å²) in [6.07, 6.45) is 3.07. The molecule has 0 saturated heterocycles. The number of rotatable bonds is 4. The average molecular weight is 445 g/mol. The molecule has 0 saturated carbocycles. The van der Waals surface area contributed by atoms with Gasteiger partial charge in [-0.15, -0.1) is 11.3 Å². The number of ether oxygens (including phenoxy) is 1.